The van der Waals surface area contributed by atoms with E-state index in [-0.39, 0.29) is 47.7 Å². The molecule has 0 bridgehead atoms. The molecule has 0 radical (unpaired) electrons. The second-order valence-electron chi connectivity index (χ2n) is 7.99. The van der Waals surface area contributed by atoms with Crippen LogP contribution in [-0.4, -0.2) is 72.6 Å². The van der Waals surface area contributed by atoms with E-state index in [0.29, 0.717) is 0 Å². The van der Waals surface area contributed by atoms with Crippen LogP contribution in [0.25, 0.3) is 0 Å². The molecule has 2 heterocycles. The highest BCUT2D eigenvalue weighted by Crippen LogP contribution is 2.21. The third kappa shape index (κ3) is 5.90. The molecular weight excluding hydrogens is 397 g/mol. The Labute approximate surface area is 176 Å². The van der Waals surface area contributed by atoms with Crippen LogP contribution < -0.4 is 5.32 Å². The maximum Gasteiger partial charge on any atom is 0.252 e. The Morgan fingerprint density at radius 1 is 1.28 bits per heavy atom. The van der Waals surface area contributed by atoms with Gasteiger partial charge in [-0.15, -0.1) is 0 Å². The van der Waals surface area contributed by atoms with Crippen LogP contribution in [0.3, 0.4) is 0 Å². The van der Waals surface area contributed by atoms with E-state index < -0.39 is 11.7 Å². The number of amides is 2. The standard InChI is InChI=1S/C21H29ClFN3O3/c1-14-11-25(12-15(2)29-14)13-17-4-3-9-26(17)20(27)7-8-24-21(28)18-6-5-16(23)10-19(18)22/h5-6,10,14-15,17H,3-4,7-9,11-13H2,1-2H3,(H,24,28). The first-order valence-corrected chi connectivity index (χ1v) is 10.6. The molecule has 3 atom stereocenters. The van der Waals surface area contributed by atoms with Crippen LogP contribution in [-0.2, 0) is 9.53 Å². The summed E-state index contributed by atoms with van der Waals surface area (Å²) in [6.07, 6.45) is 2.65. The number of likely N-dealkylation sites (tertiary alicyclic amines) is 1. The molecule has 160 valence electrons. The van der Waals surface area contributed by atoms with Crippen molar-refractivity contribution in [3.8, 4) is 0 Å². The number of rotatable bonds is 6. The lowest BCUT2D eigenvalue weighted by Crippen LogP contribution is -2.51. The Bertz CT molecular complexity index is 738. The quantitative estimate of drug-likeness (QED) is 0.761. The van der Waals surface area contributed by atoms with Gasteiger partial charge in [-0.05, 0) is 44.9 Å². The SMILES string of the molecule is CC1CN(CC2CCCN2C(=O)CCNC(=O)c2ccc(F)cc2Cl)CC(C)O1. The van der Waals surface area contributed by atoms with Gasteiger partial charge in [-0.2, -0.15) is 0 Å². The first kappa shape index (κ1) is 22.0. The average Bonchev–Trinajstić information content (AvgIpc) is 3.08. The van der Waals surface area contributed by atoms with Crippen LogP contribution in [0, 0.1) is 5.82 Å². The van der Waals surface area contributed by atoms with Gasteiger partial charge in [0.1, 0.15) is 5.82 Å². The van der Waals surface area contributed by atoms with Crippen molar-refractivity contribution >= 4 is 23.4 Å². The van der Waals surface area contributed by atoms with E-state index >= 15 is 0 Å². The van der Waals surface area contributed by atoms with E-state index in [1.165, 1.54) is 12.1 Å². The Morgan fingerprint density at radius 3 is 2.69 bits per heavy atom. The molecule has 1 N–H and O–H groups in total. The van der Waals surface area contributed by atoms with Crippen molar-refractivity contribution in [2.75, 3.05) is 32.7 Å². The van der Waals surface area contributed by atoms with Crippen molar-refractivity contribution in [2.45, 2.75) is 51.4 Å². The summed E-state index contributed by atoms with van der Waals surface area (Å²) < 4.78 is 18.9. The van der Waals surface area contributed by atoms with Gasteiger partial charge in [-0.1, -0.05) is 11.6 Å². The summed E-state index contributed by atoms with van der Waals surface area (Å²) in [5.41, 5.74) is 0.204. The van der Waals surface area contributed by atoms with Crippen LogP contribution in [0.5, 0.6) is 0 Å². The van der Waals surface area contributed by atoms with Gasteiger partial charge in [0, 0.05) is 45.2 Å². The lowest BCUT2D eigenvalue weighted by atomic mass is 10.1. The molecule has 2 amide bonds. The molecule has 2 saturated heterocycles. The van der Waals surface area contributed by atoms with E-state index in [0.717, 1.165) is 45.1 Å². The number of carbonyl (C=O) groups is 2. The minimum atomic E-state index is -0.495. The van der Waals surface area contributed by atoms with Crippen LogP contribution >= 0.6 is 11.6 Å². The number of carbonyl (C=O) groups excluding carboxylic acids is 2. The fraction of sp³-hybridized carbons (Fsp3) is 0.619. The Balaban J connectivity index is 1.47. The maximum absolute atomic E-state index is 13.1. The number of benzene rings is 1. The molecule has 1 aromatic rings. The maximum atomic E-state index is 13.1. The van der Waals surface area contributed by atoms with Gasteiger partial charge in [0.15, 0.2) is 0 Å². The molecule has 1 aromatic carbocycles. The van der Waals surface area contributed by atoms with Gasteiger partial charge in [0.2, 0.25) is 5.91 Å². The molecule has 0 aromatic heterocycles. The van der Waals surface area contributed by atoms with E-state index in [1.54, 1.807) is 0 Å². The number of ether oxygens (including phenoxy) is 1. The summed E-state index contributed by atoms with van der Waals surface area (Å²) in [6.45, 7) is 7.78. The highest BCUT2D eigenvalue weighted by atomic mass is 35.5. The number of hydrogen-bond donors (Lipinski definition) is 1. The minimum Gasteiger partial charge on any atom is -0.373 e. The fourth-order valence-electron chi connectivity index (χ4n) is 4.28. The summed E-state index contributed by atoms with van der Waals surface area (Å²) in [5.74, 6) is -0.852. The van der Waals surface area contributed by atoms with Crippen molar-refractivity contribution in [3.05, 3.63) is 34.6 Å². The summed E-state index contributed by atoms with van der Waals surface area (Å²) in [4.78, 5) is 29.2. The number of hydrogen-bond acceptors (Lipinski definition) is 4. The van der Waals surface area contributed by atoms with E-state index in [4.69, 9.17) is 16.3 Å². The predicted molar refractivity (Wildman–Crippen MR) is 110 cm³/mol. The topological polar surface area (TPSA) is 61.9 Å². The van der Waals surface area contributed by atoms with Gasteiger partial charge in [0.25, 0.3) is 5.91 Å². The molecule has 0 aliphatic carbocycles. The molecule has 2 fully saturated rings. The Kier molecular flexibility index (Phi) is 7.49. The zero-order valence-electron chi connectivity index (χ0n) is 17.0. The number of nitrogens with one attached hydrogen (secondary N) is 1. The normalized spacial score (nSPS) is 25.2. The van der Waals surface area contributed by atoms with Crippen molar-refractivity contribution in [1.82, 2.24) is 15.1 Å². The lowest BCUT2D eigenvalue weighted by molar-refractivity contribution is -0.132. The Hall–Kier alpha value is -1.70. The fourth-order valence-corrected chi connectivity index (χ4v) is 4.53. The molecule has 2 aliphatic rings. The zero-order chi connectivity index (χ0) is 21.0. The van der Waals surface area contributed by atoms with Crippen LogP contribution in [0.2, 0.25) is 5.02 Å². The van der Waals surface area contributed by atoms with E-state index in [2.05, 4.69) is 24.1 Å². The van der Waals surface area contributed by atoms with Gasteiger partial charge in [-0.3, -0.25) is 14.5 Å². The second-order valence-corrected chi connectivity index (χ2v) is 8.40. The predicted octanol–water partition coefficient (Wildman–Crippen LogP) is 2.70. The highest BCUT2D eigenvalue weighted by Gasteiger charge is 2.32. The number of morpholine rings is 1. The highest BCUT2D eigenvalue weighted by molar-refractivity contribution is 6.33. The molecule has 8 heteroatoms. The largest absolute Gasteiger partial charge is 0.373 e. The summed E-state index contributed by atoms with van der Waals surface area (Å²) in [5, 5.41) is 2.76. The molecule has 0 spiro atoms. The summed E-state index contributed by atoms with van der Waals surface area (Å²) in [7, 11) is 0. The van der Waals surface area contributed by atoms with Crippen LogP contribution in [0.1, 0.15) is 43.5 Å². The third-order valence-electron chi connectivity index (χ3n) is 5.46. The molecule has 3 rings (SSSR count). The second kappa shape index (κ2) is 9.87. The van der Waals surface area contributed by atoms with Gasteiger partial charge < -0.3 is 15.0 Å². The lowest BCUT2D eigenvalue weighted by Gasteiger charge is -2.38. The van der Waals surface area contributed by atoms with Crippen molar-refractivity contribution in [1.29, 1.82) is 0 Å². The molecule has 29 heavy (non-hydrogen) atoms. The van der Waals surface area contributed by atoms with Crippen LogP contribution in [0.15, 0.2) is 18.2 Å². The monoisotopic (exact) mass is 425 g/mol. The van der Waals surface area contributed by atoms with E-state index in [1.807, 2.05) is 4.90 Å². The first-order valence-electron chi connectivity index (χ1n) is 10.2. The van der Waals surface area contributed by atoms with E-state index in [9.17, 15) is 14.0 Å². The molecule has 6 nitrogen and oxygen atoms in total. The minimum absolute atomic E-state index is 0.0485. The van der Waals surface area contributed by atoms with Crippen molar-refractivity contribution < 1.29 is 18.7 Å². The summed E-state index contributed by atoms with van der Waals surface area (Å²) in [6, 6.07) is 3.84. The van der Waals surface area contributed by atoms with Gasteiger partial charge >= 0.3 is 0 Å². The summed E-state index contributed by atoms with van der Waals surface area (Å²) >= 11 is 5.91. The molecule has 2 aliphatic heterocycles. The number of nitrogens with zero attached hydrogens (tertiary/aromatic N) is 2. The van der Waals surface area contributed by atoms with Crippen LogP contribution in [0.4, 0.5) is 4.39 Å². The zero-order valence-corrected chi connectivity index (χ0v) is 17.8. The van der Waals surface area contributed by atoms with Crippen molar-refractivity contribution in [3.63, 3.8) is 0 Å². The molecule has 0 saturated carbocycles. The molecular formula is C21H29ClFN3O3. The third-order valence-corrected chi connectivity index (χ3v) is 5.77. The molecule has 3 unspecified atom stereocenters. The Morgan fingerprint density at radius 2 is 2.00 bits per heavy atom. The average molecular weight is 426 g/mol. The smallest absolute Gasteiger partial charge is 0.252 e. The van der Waals surface area contributed by atoms with Gasteiger partial charge in [0.05, 0.1) is 22.8 Å². The van der Waals surface area contributed by atoms with Crippen molar-refractivity contribution in [2.24, 2.45) is 0 Å². The first-order chi connectivity index (χ1) is 13.8. The number of halogens is 2. The van der Waals surface area contributed by atoms with Gasteiger partial charge in [-0.25, -0.2) is 4.39 Å².